The summed E-state index contributed by atoms with van der Waals surface area (Å²) >= 11 is 1.82. The van der Waals surface area contributed by atoms with Crippen molar-refractivity contribution in [3.05, 3.63) is 29.8 Å². The zero-order valence-corrected chi connectivity index (χ0v) is 8.30. The molecular weight excluding hydrogens is 182 g/mol. The van der Waals surface area contributed by atoms with Gasteiger partial charge < -0.3 is 4.74 Å². The van der Waals surface area contributed by atoms with Crippen LogP contribution >= 0.6 is 11.8 Å². The third-order valence-electron chi connectivity index (χ3n) is 1.92. The molecule has 0 aromatic heterocycles. The zero-order valence-electron chi connectivity index (χ0n) is 7.49. The molecule has 0 fully saturated rings. The van der Waals surface area contributed by atoms with Gasteiger partial charge in [-0.1, -0.05) is 0 Å². The predicted octanol–water partition coefficient (Wildman–Crippen LogP) is 2.19. The van der Waals surface area contributed by atoms with Crippen LogP contribution in [-0.2, 0) is 0 Å². The van der Waals surface area contributed by atoms with Gasteiger partial charge in [0, 0.05) is 17.9 Å². The van der Waals surface area contributed by atoms with E-state index in [1.54, 1.807) is 7.11 Å². The molecule has 0 spiro atoms. The SMILES string of the molecule is COc1ccc(C2=NCCS2)cc1. The molecule has 0 bridgehead atoms. The molecule has 0 saturated heterocycles. The molecule has 2 rings (SSSR count). The van der Waals surface area contributed by atoms with Gasteiger partial charge in [-0.05, 0) is 24.3 Å². The van der Waals surface area contributed by atoms with Gasteiger partial charge in [-0.25, -0.2) is 0 Å². The first-order valence-electron chi connectivity index (χ1n) is 4.22. The largest absolute Gasteiger partial charge is 0.497 e. The van der Waals surface area contributed by atoms with Gasteiger partial charge in [-0.15, -0.1) is 11.8 Å². The third-order valence-corrected chi connectivity index (χ3v) is 2.95. The van der Waals surface area contributed by atoms with Gasteiger partial charge >= 0.3 is 0 Å². The van der Waals surface area contributed by atoms with Crippen LogP contribution in [0.5, 0.6) is 5.75 Å². The Kier molecular flexibility index (Phi) is 2.54. The third kappa shape index (κ3) is 1.86. The summed E-state index contributed by atoms with van der Waals surface area (Å²) in [5, 5.41) is 1.16. The number of nitrogens with zero attached hydrogens (tertiary/aromatic N) is 1. The number of ether oxygens (including phenoxy) is 1. The van der Waals surface area contributed by atoms with Gasteiger partial charge in [-0.2, -0.15) is 0 Å². The second kappa shape index (κ2) is 3.83. The Balaban J connectivity index is 2.22. The maximum Gasteiger partial charge on any atom is 0.118 e. The van der Waals surface area contributed by atoms with Gasteiger partial charge in [-0.3, -0.25) is 4.99 Å². The molecule has 0 saturated carbocycles. The molecule has 0 amide bonds. The van der Waals surface area contributed by atoms with Crippen molar-refractivity contribution in [2.24, 2.45) is 4.99 Å². The van der Waals surface area contributed by atoms with Crippen molar-refractivity contribution in [3.8, 4) is 5.75 Å². The molecule has 0 aliphatic carbocycles. The highest BCUT2D eigenvalue weighted by atomic mass is 32.2. The molecular formula is C10H11NOS. The summed E-state index contributed by atoms with van der Waals surface area (Å²) in [6.07, 6.45) is 0. The molecule has 3 heteroatoms. The van der Waals surface area contributed by atoms with Crippen molar-refractivity contribution in [2.75, 3.05) is 19.4 Å². The van der Waals surface area contributed by atoms with E-state index in [2.05, 4.69) is 17.1 Å². The van der Waals surface area contributed by atoms with E-state index in [4.69, 9.17) is 4.74 Å². The summed E-state index contributed by atoms with van der Waals surface area (Å²) in [5.74, 6) is 2.01. The van der Waals surface area contributed by atoms with Gasteiger partial charge in [0.25, 0.3) is 0 Å². The number of thioether (sulfide) groups is 1. The lowest BCUT2D eigenvalue weighted by Gasteiger charge is -2.01. The normalized spacial score (nSPS) is 15.6. The van der Waals surface area contributed by atoms with Gasteiger partial charge in [0.15, 0.2) is 0 Å². The van der Waals surface area contributed by atoms with Crippen molar-refractivity contribution >= 4 is 16.8 Å². The van der Waals surface area contributed by atoms with Gasteiger partial charge in [0.1, 0.15) is 5.75 Å². The molecule has 1 aliphatic heterocycles. The van der Waals surface area contributed by atoms with E-state index in [1.807, 2.05) is 23.9 Å². The second-order valence-electron chi connectivity index (χ2n) is 2.76. The van der Waals surface area contributed by atoms with Crippen molar-refractivity contribution in [1.29, 1.82) is 0 Å². The molecule has 68 valence electrons. The molecule has 0 unspecified atom stereocenters. The number of benzene rings is 1. The minimum atomic E-state index is 0.896. The van der Waals surface area contributed by atoms with Crippen molar-refractivity contribution in [3.63, 3.8) is 0 Å². The smallest absolute Gasteiger partial charge is 0.118 e. The summed E-state index contributed by atoms with van der Waals surface area (Å²) in [7, 11) is 1.68. The molecule has 1 aliphatic rings. The predicted molar refractivity (Wildman–Crippen MR) is 56.9 cm³/mol. The minimum Gasteiger partial charge on any atom is -0.497 e. The first-order chi connectivity index (χ1) is 6.40. The molecule has 0 N–H and O–H groups in total. The van der Waals surface area contributed by atoms with Crippen molar-refractivity contribution in [2.45, 2.75) is 0 Å². The van der Waals surface area contributed by atoms with E-state index < -0.39 is 0 Å². The van der Waals surface area contributed by atoms with E-state index in [0.717, 1.165) is 23.1 Å². The van der Waals surface area contributed by atoms with Crippen molar-refractivity contribution < 1.29 is 4.74 Å². The Morgan fingerprint density at radius 2 is 2.08 bits per heavy atom. The van der Waals surface area contributed by atoms with Crippen LogP contribution in [0.4, 0.5) is 0 Å². The van der Waals surface area contributed by atoms with Crippen LogP contribution < -0.4 is 4.74 Å². The summed E-state index contributed by atoms with van der Waals surface area (Å²) in [6.45, 7) is 0.950. The average molecular weight is 193 g/mol. The van der Waals surface area contributed by atoms with Gasteiger partial charge in [0.2, 0.25) is 0 Å². The van der Waals surface area contributed by atoms with E-state index in [1.165, 1.54) is 5.56 Å². The van der Waals surface area contributed by atoms with E-state index in [9.17, 15) is 0 Å². The lowest BCUT2D eigenvalue weighted by atomic mass is 10.2. The Labute approximate surface area is 82.0 Å². The Hall–Kier alpha value is -0.960. The summed E-state index contributed by atoms with van der Waals surface area (Å²) in [6, 6.07) is 8.04. The molecule has 2 nitrogen and oxygen atoms in total. The van der Waals surface area contributed by atoms with Crippen LogP contribution in [0.3, 0.4) is 0 Å². The maximum absolute atomic E-state index is 5.09. The van der Waals surface area contributed by atoms with Crippen LogP contribution in [0.2, 0.25) is 0 Å². The Bertz CT molecular complexity index is 318. The van der Waals surface area contributed by atoms with E-state index in [-0.39, 0.29) is 0 Å². The molecule has 0 radical (unpaired) electrons. The number of hydrogen-bond donors (Lipinski definition) is 0. The fourth-order valence-electron chi connectivity index (χ4n) is 1.24. The average Bonchev–Trinajstić information content (AvgIpc) is 2.71. The topological polar surface area (TPSA) is 21.6 Å². The first-order valence-corrected chi connectivity index (χ1v) is 5.20. The quantitative estimate of drug-likeness (QED) is 0.718. The van der Waals surface area contributed by atoms with Crippen LogP contribution in [0, 0.1) is 0 Å². The highest BCUT2D eigenvalue weighted by Gasteiger charge is 2.08. The fraction of sp³-hybridized carbons (Fsp3) is 0.300. The molecule has 0 atom stereocenters. The van der Waals surface area contributed by atoms with E-state index in [0.29, 0.717) is 0 Å². The minimum absolute atomic E-state index is 0.896. The Morgan fingerprint density at radius 3 is 2.62 bits per heavy atom. The molecule has 1 aromatic rings. The lowest BCUT2D eigenvalue weighted by Crippen LogP contribution is -1.91. The molecule has 1 heterocycles. The van der Waals surface area contributed by atoms with Crippen molar-refractivity contribution in [1.82, 2.24) is 0 Å². The highest BCUT2D eigenvalue weighted by molar-refractivity contribution is 8.14. The number of methoxy groups -OCH3 is 1. The maximum atomic E-state index is 5.09. The molecule has 1 aromatic carbocycles. The van der Waals surface area contributed by atoms with Crippen LogP contribution in [0.15, 0.2) is 29.3 Å². The summed E-state index contributed by atoms with van der Waals surface area (Å²) < 4.78 is 5.09. The van der Waals surface area contributed by atoms with E-state index >= 15 is 0 Å². The monoisotopic (exact) mass is 193 g/mol. The number of hydrogen-bond acceptors (Lipinski definition) is 3. The standard InChI is InChI=1S/C10H11NOS/c1-12-9-4-2-8(3-5-9)10-11-6-7-13-10/h2-5H,6-7H2,1H3. The summed E-state index contributed by atoms with van der Waals surface area (Å²) in [5.41, 5.74) is 1.20. The Morgan fingerprint density at radius 1 is 1.31 bits per heavy atom. The fourth-order valence-corrected chi connectivity index (χ4v) is 2.10. The van der Waals surface area contributed by atoms with Gasteiger partial charge in [0.05, 0.1) is 12.2 Å². The molecule has 13 heavy (non-hydrogen) atoms. The highest BCUT2D eigenvalue weighted by Crippen LogP contribution is 2.20. The number of rotatable bonds is 2. The first kappa shape index (κ1) is 8.63. The van der Waals surface area contributed by atoms with Crippen LogP contribution in [-0.4, -0.2) is 24.5 Å². The van der Waals surface area contributed by atoms with Crippen LogP contribution in [0.1, 0.15) is 5.56 Å². The lowest BCUT2D eigenvalue weighted by molar-refractivity contribution is 0.415. The number of aliphatic imine (C=N–C) groups is 1. The van der Waals surface area contributed by atoms with Crippen LogP contribution in [0.25, 0.3) is 0 Å². The second-order valence-corrected chi connectivity index (χ2v) is 3.85. The zero-order chi connectivity index (χ0) is 9.10. The summed E-state index contributed by atoms with van der Waals surface area (Å²) in [4.78, 5) is 4.40.